The topological polar surface area (TPSA) is 103 Å². The molecular weight excluding hydrogens is 252 g/mol. The Balaban J connectivity index is 0.000000178. The quantitative estimate of drug-likeness (QED) is 0.710. The standard InChI is InChI=1S/C9H8N4.C5H12N2/c10-9-6-12-5-8(13-9)7-1-3-11-4-2-7;6-5-2-1-3-7-4-5/h1-6H,(H2,10,13);5,7H,1-4,6H2. The van der Waals surface area contributed by atoms with E-state index in [2.05, 4.69) is 20.3 Å². The molecule has 0 aromatic carbocycles. The number of hydrogen-bond donors (Lipinski definition) is 3. The van der Waals surface area contributed by atoms with E-state index in [-0.39, 0.29) is 0 Å². The van der Waals surface area contributed by atoms with Crippen molar-refractivity contribution in [1.82, 2.24) is 20.3 Å². The number of nitrogen functional groups attached to an aromatic ring is 1. The zero-order chi connectivity index (χ0) is 14.2. The molecule has 3 rings (SSSR count). The zero-order valence-corrected chi connectivity index (χ0v) is 11.4. The molecule has 2 aromatic heterocycles. The van der Waals surface area contributed by atoms with Gasteiger partial charge in [-0.3, -0.25) is 9.97 Å². The highest BCUT2D eigenvalue weighted by Gasteiger charge is 2.05. The van der Waals surface area contributed by atoms with Crippen LogP contribution < -0.4 is 16.8 Å². The van der Waals surface area contributed by atoms with Crippen molar-refractivity contribution in [3.05, 3.63) is 36.9 Å². The number of aromatic nitrogens is 3. The molecule has 0 radical (unpaired) electrons. The molecule has 1 aliphatic rings. The molecule has 2 aromatic rings. The van der Waals surface area contributed by atoms with Gasteiger partial charge in [0.25, 0.3) is 0 Å². The maximum atomic E-state index is 5.57. The van der Waals surface area contributed by atoms with Crippen molar-refractivity contribution in [1.29, 1.82) is 0 Å². The van der Waals surface area contributed by atoms with Crippen LogP contribution in [0.2, 0.25) is 0 Å². The lowest BCUT2D eigenvalue weighted by molar-refractivity contribution is 0.459. The van der Waals surface area contributed by atoms with Gasteiger partial charge in [0, 0.05) is 30.5 Å². The van der Waals surface area contributed by atoms with Gasteiger partial charge in [-0.15, -0.1) is 0 Å². The van der Waals surface area contributed by atoms with Gasteiger partial charge < -0.3 is 16.8 Å². The predicted molar refractivity (Wildman–Crippen MR) is 79.8 cm³/mol. The molecule has 6 nitrogen and oxygen atoms in total. The summed E-state index contributed by atoms with van der Waals surface area (Å²) in [7, 11) is 0. The van der Waals surface area contributed by atoms with E-state index in [9.17, 15) is 0 Å². The molecule has 1 saturated heterocycles. The number of nitrogens with zero attached hydrogens (tertiary/aromatic N) is 3. The molecule has 0 bridgehead atoms. The molecule has 0 spiro atoms. The fourth-order valence-electron chi connectivity index (χ4n) is 1.92. The molecule has 1 atom stereocenters. The molecule has 106 valence electrons. The summed E-state index contributed by atoms with van der Waals surface area (Å²) in [6, 6.07) is 4.15. The Labute approximate surface area is 118 Å². The molecule has 3 heterocycles. The number of piperidine rings is 1. The third-order valence-corrected chi connectivity index (χ3v) is 2.96. The maximum Gasteiger partial charge on any atom is 0.142 e. The lowest BCUT2D eigenvalue weighted by Gasteiger charge is -2.17. The molecule has 0 saturated carbocycles. The minimum Gasteiger partial charge on any atom is -0.382 e. The zero-order valence-electron chi connectivity index (χ0n) is 11.4. The average molecular weight is 272 g/mol. The minimum atomic E-state index is 0.425. The van der Waals surface area contributed by atoms with Gasteiger partial charge in [-0.2, -0.15) is 0 Å². The third kappa shape index (κ3) is 4.56. The Kier molecular flexibility index (Phi) is 5.40. The number of rotatable bonds is 1. The SMILES string of the molecule is NC1CCCNC1.Nc1cncc(-c2ccncc2)n1. The summed E-state index contributed by atoms with van der Waals surface area (Å²) >= 11 is 0. The number of nitrogens with one attached hydrogen (secondary N) is 1. The van der Waals surface area contributed by atoms with Crippen molar-refractivity contribution in [3.63, 3.8) is 0 Å². The van der Waals surface area contributed by atoms with Crippen molar-refractivity contribution in [2.75, 3.05) is 18.8 Å². The highest BCUT2D eigenvalue weighted by atomic mass is 14.9. The molecular formula is C14H20N6. The third-order valence-electron chi connectivity index (χ3n) is 2.96. The van der Waals surface area contributed by atoms with E-state index in [1.807, 2.05) is 12.1 Å². The molecule has 0 amide bonds. The van der Waals surface area contributed by atoms with Crippen molar-refractivity contribution < 1.29 is 0 Å². The normalized spacial score (nSPS) is 17.9. The fourth-order valence-corrected chi connectivity index (χ4v) is 1.92. The largest absolute Gasteiger partial charge is 0.382 e. The van der Waals surface area contributed by atoms with Crippen LogP contribution in [0.3, 0.4) is 0 Å². The smallest absolute Gasteiger partial charge is 0.142 e. The number of hydrogen-bond acceptors (Lipinski definition) is 6. The van der Waals surface area contributed by atoms with Crippen LogP contribution in [0, 0.1) is 0 Å². The van der Waals surface area contributed by atoms with Gasteiger partial charge in [-0.1, -0.05) is 0 Å². The van der Waals surface area contributed by atoms with Gasteiger partial charge in [-0.25, -0.2) is 4.98 Å². The first-order valence-electron chi connectivity index (χ1n) is 6.70. The summed E-state index contributed by atoms with van der Waals surface area (Å²) in [4.78, 5) is 12.0. The van der Waals surface area contributed by atoms with Gasteiger partial charge >= 0.3 is 0 Å². The van der Waals surface area contributed by atoms with Gasteiger partial charge in [-0.05, 0) is 31.5 Å². The first kappa shape index (κ1) is 14.4. The molecule has 5 N–H and O–H groups in total. The molecule has 6 heteroatoms. The van der Waals surface area contributed by atoms with E-state index in [1.165, 1.54) is 19.0 Å². The minimum absolute atomic E-state index is 0.425. The molecule has 1 fully saturated rings. The first-order chi connectivity index (χ1) is 9.75. The van der Waals surface area contributed by atoms with Gasteiger partial charge in [0.05, 0.1) is 18.1 Å². The van der Waals surface area contributed by atoms with E-state index < -0.39 is 0 Å². The maximum absolute atomic E-state index is 5.57. The van der Waals surface area contributed by atoms with Crippen LogP contribution in [0.4, 0.5) is 5.82 Å². The Morgan fingerprint density at radius 2 is 1.95 bits per heavy atom. The van der Waals surface area contributed by atoms with E-state index in [0.717, 1.165) is 24.3 Å². The summed E-state index contributed by atoms with van der Waals surface area (Å²) in [6.07, 6.45) is 9.06. The monoisotopic (exact) mass is 272 g/mol. The lowest BCUT2D eigenvalue weighted by Crippen LogP contribution is -2.39. The first-order valence-corrected chi connectivity index (χ1v) is 6.70. The average Bonchev–Trinajstić information content (AvgIpc) is 2.50. The lowest BCUT2D eigenvalue weighted by atomic mass is 10.1. The Morgan fingerprint density at radius 1 is 1.15 bits per heavy atom. The van der Waals surface area contributed by atoms with E-state index in [4.69, 9.17) is 11.5 Å². The van der Waals surface area contributed by atoms with Crippen molar-refractivity contribution >= 4 is 5.82 Å². The second kappa shape index (κ2) is 7.52. The Hall–Kier alpha value is -2.05. The van der Waals surface area contributed by atoms with E-state index >= 15 is 0 Å². The summed E-state index contributed by atoms with van der Waals surface area (Å²) in [5.41, 5.74) is 12.8. The number of nitrogens with two attached hydrogens (primary N) is 2. The van der Waals surface area contributed by atoms with Gasteiger partial charge in [0.15, 0.2) is 0 Å². The van der Waals surface area contributed by atoms with E-state index in [0.29, 0.717) is 11.9 Å². The second-order valence-corrected chi connectivity index (χ2v) is 4.67. The van der Waals surface area contributed by atoms with Crippen molar-refractivity contribution in [2.45, 2.75) is 18.9 Å². The highest BCUT2D eigenvalue weighted by Crippen LogP contribution is 2.14. The van der Waals surface area contributed by atoms with E-state index in [1.54, 1.807) is 18.6 Å². The van der Waals surface area contributed by atoms with Crippen molar-refractivity contribution in [3.8, 4) is 11.3 Å². The van der Waals surface area contributed by atoms with Crippen LogP contribution in [-0.2, 0) is 0 Å². The molecule has 1 unspecified atom stereocenters. The Morgan fingerprint density at radius 3 is 2.50 bits per heavy atom. The van der Waals surface area contributed by atoms with Crippen LogP contribution in [0.5, 0.6) is 0 Å². The second-order valence-electron chi connectivity index (χ2n) is 4.67. The van der Waals surface area contributed by atoms with Gasteiger partial charge in [0.1, 0.15) is 5.82 Å². The van der Waals surface area contributed by atoms with Crippen molar-refractivity contribution in [2.24, 2.45) is 5.73 Å². The number of anilines is 1. The van der Waals surface area contributed by atoms with Crippen LogP contribution >= 0.6 is 0 Å². The van der Waals surface area contributed by atoms with Crippen LogP contribution in [0.15, 0.2) is 36.9 Å². The van der Waals surface area contributed by atoms with Crippen LogP contribution in [0.25, 0.3) is 11.3 Å². The van der Waals surface area contributed by atoms with Gasteiger partial charge in [0.2, 0.25) is 0 Å². The molecule has 1 aliphatic heterocycles. The number of pyridine rings is 1. The summed E-state index contributed by atoms with van der Waals surface area (Å²) < 4.78 is 0. The summed E-state index contributed by atoms with van der Waals surface area (Å²) in [6.45, 7) is 2.17. The molecule has 0 aliphatic carbocycles. The Bertz CT molecular complexity index is 510. The summed E-state index contributed by atoms with van der Waals surface area (Å²) in [5.74, 6) is 0.425. The molecule has 20 heavy (non-hydrogen) atoms. The predicted octanol–water partition coefficient (Wildman–Crippen LogP) is 0.818. The summed E-state index contributed by atoms with van der Waals surface area (Å²) in [5, 5.41) is 3.21. The van der Waals surface area contributed by atoms with Crippen LogP contribution in [0.1, 0.15) is 12.8 Å². The fraction of sp³-hybridized carbons (Fsp3) is 0.357. The van der Waals surface area contributed by atoms with Crippen LogP contribution in [-0.4, -0.2) is 34.1 Å². The highest BCUT2D eigenvalue weighted by molar-refractivity contribution is 5.58.